The molecule has 18 heavy (non-hydrogen) atoms. The summed E-state index contributed by atoms with van der Waals surface area (Å²) in [5.41, 5.74) is 3.33. The molecule has 0 spiro atoms. The van der Waals surface area contributed by atoms with Gasteiger partial charge in [-0.25, -0.2) is 0 Å². The summed E-state index contributed by atoms with van der Waals surface area (Å²) in [5.74, 6) is 0. The van der Waals surface area contributed by atoms with Crippen LogP contribution in [-0.2, 0) is 11.3 Å². The summed E-state index contributed by atoms with van der Waals surface area (Å²) >= 11 is 0. The fraction of sp³-hybridized carbons (Fsp3) is 0.600. The normalized spacial score (nSPS) is 18.8. The van der Waals surface area contributed by atoms with Crippen molar-refractivity contribution in [1.82, 2.24) is 5.32 Å². The first-order valence-corrected chi connectivity index (χ1v) is 6.66. The molecular formula is C15H23NO2. The molecule has 0 aliphatic carbocycles. The Balaban J connectivity index is 1.82. The van der Waals surface area contributed by atoms with Crippen LogP contribution >= 0.6 is 0 Å². The van der Waals surface area contributed by atoms with E-state index >= 15 is 0 Å². The van der Waals surface area contributed by atoms with E-state index in [-0.39, 0.29) is 0 Å². The van der Waals surface area contributed by atoms with Crippen molar-refractivity contribution in [3.05, 3.63) is 34.9 Å². The monoisotopic (exact) mass is 249 g/mol. The lowest BCUT2D eigenvalue weighted by Gasteiger charge is -2.32. The number of aryl methyl sites for hydroxylation is 2. The number of nitrogens with one attached hydrogen (secondary N) is 1. The standard InChI is InChI=1S/C15H23NO2/c1-12-3-4-14(9-13(12)2)10-16-11-15(17)5-7-18-8-6-15/h3-4,9,16-17H,5-8,10-11H2,1-2H3. The van der Waals surface area contributed by atoms with Gasteiger partial charge in [-0.05, 0) is 30.5 Å². The van der Waals surface area contributed by atoms with Gasteiger partial charge in [0.05, 0.1) is 5.60 Å². The Bertz CT molecular complexity index is 397. The maximum atomic E-state index is 10.3. The van der Waals surface area contributed by atoms with E-state index in [2.05, 4.69) is 37.4 Å². The van der Waals surface area contributed by atoms with Crippen LogP contribution in [0, 0.1) is 13.8 Å². The molecule has 1 fully saturated rings. The average molecular weight is 249 g/mol. The third-order valence-electron chi connectivity index (χ3n) is 3.78. The minimum absolute atomic E-state index is 0.585. The van der Waals surface area contributed by atoms with Gasteiger partial charge in [0.25, 0.3) is 0 Å². The van der Waals surface area contributed by atoms with Crippen LogP contribution in [0.4, 0.5) is 0 Å². The first-order valence-electron chi connectivity index (χ1n) is 6.66. The SMILES string of the molecule is Cc1ccc(CNCC2(O)CCOCC2)cc1C. The van der Waals surface area contributed by atoms with Crippen LogP contribution in [0.2, 0.25) is 0 Å². The van der Waals surface area contributed by atoms with Gasteiger partial charge >= 0.3 is 0 Å². The van der Waals surface area contributed by atoms with Crippen LogP contribution in [0.15, 0.2) is 18.2 Å². The zero-order chi connectivity index (χ0) is 13.0. The second-order valence-corrected chi connectivity index (χ2v) is 5.36. The largest absolute Gasteiger partial charge is 0.388 e. The first-order chi connectivity index (χ1) is 8.59. The van der Waals surface area contributed by atoms with Crippen molar-refractivity contribution in [3.63, 3.8) is 0 Å². The number of hydrogen-bond acceptors (Lipinski definition) is 3. The number of benzene rings is 1. The van der Waals surface area contributed by atoms with Crippen molar-refractivity contribution in [2.24, 2.45) is 0 Å². The highest BCUT2D eigenvalue weighted by Crippen LogP contribution is 2.19. The molecule has 100 valence electrons. The van der Waals surface area contributed by atoms with Gasteiger partial charge in [-0.1, -0.05) is 18.2 Å². The van der Waals surface area contributed by atoms with Crippen molar-refractivity contribution >= 4 is 0 Å². The van der Waals surface area contributed by atoms with Gasteiger partial charge in [-0.15, -0.1) is 0 Å². The lowest BCUT2D eigenvalue weighted by molar-refractivity contribution is -0.0617. The van der Waals surface area contributed by atoms with E-state index in [9.17, 15) is 5.11 Å². The Hall–Kier alpha value is -0.900. The Kier molecular flexibility index (Phi) is 4.38. The quantitative estimate of drug-likeness (QED) is 0.857. The fourth-order valence-electron chi connectivity index (χ4n) is 2.28. The molecular weight excluding hydrogens is 226 g/mol. The molecule has 1 heterocycles. The summed E-state index contributed by atoms with van der Waals surface area (Å²) in [6.45, 7) is 7.04. The lowest BCUT2D eigenvalue weighted by Crippen LogP contribution is -2.44. The van der Waals surface area contributed by atoms with Gasteiger partial charge in [0.2, 0.25) is 0 Å². The van der Waals surface area contributed by atoms with Crippen LogP contribution in [0.3, 0.4) is 0 Å². The Labute approximate surface area is 109 Å². The third-order valence-corrected chi connectivity index (χ3v) is 3.78. The van der Waals surface area contributed by atoms with E-state index in [4.69, 9.17) is 4.74 Å². The fourth-order valence-corrected chi connectivity index (χ4v) is 2.28. The third kappa shape index (κ3) is 3.55. The van der Waals surface area contributed by atoms with E-state index in [0.29, 0.717) is 19.8 Å². The summed E-state index contributed by atoms with van der Waals surface area (Å²) in [6.07, 6.45) is 1.46. The van der Waals surface area contributed by atoms with Crippen LogP contribution in [0.1, 0.15) is 29.5 Å². The molecule has 1 aliphatic rings. The average Bonchev–Trinajstić information content (AvgIpc) is 2.34. The van der Waals surface area contributed by atoms with E-state index in [1.165, 1.54) is 16.7 Å². The molecule has 3 nitrogen and oxygen atoms in total. The molecule has 0 unspecified atom stereocenters. The minimum atomic E-state index is -0.585. The van der Waals surface area contributed by atoms with E-state index in [1.54, 1.807) is 0 Å². The second kappa shape index (κ2) is 5.83. The van der Waals surface area contributed by atoms with Crippen molar-refractivity contribution in [2.45, 2.75) is 38.8 Å². The molecule has 1 aromatic rings. The molecule has 0 bridgehead atoms. The Morgan fingerprint density at radius 2 is 1.94 bits per heavy atom. The minimum Gasteiger partial charge on any atom is -0.388 e. The van der Waals surface area contributed by atoms with Crippen molar-refractivity contribution in [1.29, 1.82) is 0 Å². The number of aliphatic hydroxyl groups is 1. The number of ether oxygens (including phenoxy) is 1. The second-order valence-electron chi connectivity index (χ2n) is 5.36. The molecule has 0 radical (unpaired) electrons. The molecule has 1 saturated heterocycles. The first kappa shape index (κ1) is 13.5. The maximum Gasteiger partial charge on any atom is 0.0815 e. The summed E-state index contributed by atoms with van der Waals surface area (Å²) in [5, 5.41) is 13.7. The number of rotatable bonds is 4. The predicted molar refractivity (Wildman–Crippen MR) is 72.6 cm³/mol. The summed E-state index contributed by atoms with van der Waals surface area (Å²) in [6, 6.07) is 6.50. The van der Waals surface area contributed by atoms with Gasteiger partial charge in [0, 0.05) is 39.1 Å². The molecule has 3 heteroatoms. The highest BCUT2D eigenvalue weighted by molar-refractivity contribution is 5.29. The summed E-state index contributed by atoms with van der Waals surface area (Å²) in [4.78, 5) is 0. The van der Waals surface area contributed by atoms with E-state index in [0.717, 1.165) is 19.4 Å². The maximum absolute atomic E-state index is 10.3. The molecule has 0 amide bonds. The van der Waals surface area contributed by atoms with Crippen molar-refractivity contribution < 1.29 is 9.84 Å². The van der Waals surface area contributed by atoms with Gasteiger partial charge < -0.3 is 15.2 Å². The highest BCUT2D eigenvalue weighted by Gasteiger charge is 2.28. The van der Waals surface area contributed by atoms with E-state index < -0.39 is 5.60 Å². The highest BCUT2D eigenvalue weighted by atomic mass is 16.5. The lowest BCUT2D eigenvalue weighted by atomic mass is 9.94. The van der Waals surface area contributed by atoms with Gasteiger partial charge in [0.1, 0.15) is 0 Å². The van der Waals surface area contributed by atoms with Crippen LogP contribution in [0.5, 0.6) is 0 Å². The van der Waals surface area contributed by atoms with Crippen LogP contribution in [0.25, 0.3) is 0 Å². The predicted octanol–water partition coefficient (Wildman–Crippen LogP) is 1.93. The molecule has 2 N–H and O–H groups in total. The summed E-state index contributed by atoms with van der Waals surface area (Å²) in [7, 11) is 0. The van der Waals surface area contributed by atoms with Crippen LogP contribution in [-0.4, -0.2) is 30.5 Å². The molecule has 0 aromatic heterocycles. The zero-order valence-electron chi connectivity index (χ0n) is 11.3. The smallest absolute Gasteiger partial charge is 0.0815 e. The molecule has 2 rings (SSSR count). The van der Waals surface area contributed by atoms with Gasteiger partial charge in [0.15, 0.2) is 0 Å². The topological polar surface area (TPSA) is 41.5 Å². The Morgan fingerprint density at radius 1 is 1.22 bits per heavy atom. The molecule has 0 saturated carbocycles. The van der Waals surface area contributed by atoms with Gasteiger partial charge in [-0.2, -0.15) is 0 Å². The van der Waals surface area contributed by atoms with E-state index in [1.807, 2.05) is 0 Å². The summed E-state index contributed by atoms with van der Waals surface area (Å²) < 4.78 is 5.27. The Morgan fingerprint density at radius 3 is 2.61 bits per heavy atom. The van der Waals surface area contributed by atoms with Gasteiger partial charge in [-0.3, -0.25) is 0 Å². The van der Waals surface area contributed by atoms with Crippen molar-refractivity contribution in [2.75, 3.05) is 19.8 Å². The molecule has 0 atom stereocenters. The molecule has 1 aliphatic heterocycles. The number of hydrogen-bond donors (Lipinski definition) is 2. The molecule has 1 aromatic carbocycles. The zero-order valence-corrected chi connectivity index (χ0v) is 11.3. The van der Waals surface area contributed by atoms with Crippen LogP contribution < -0.4 is 5.32 Å². The van der Waals surface area contributed by atoms with Crippen molar-refractivity contribution in [3.8, 4) is 0 Å².